The van der Waals surface area contributed by atoms with Crippen LogP contribution in [-0.2, 0) is 16.0 Å². The van der Waals surface area contributed by atoms with Crippen molar-refractivity contribution in [1.82, 2.24) is 0 Å². The van der Waals surface area contributed by atoms with Crippen LogP contribution in [0.4, 0.5) is 0 Å². The molecule has 0 aromatic heterocycles. The summed E-state index contributed by atoms with van der Waals surface area (Å²) in [5.74, 6) is -0.632. The average Bonchev–Trinajstić information content (AvgIpc) is 2.82. The smallest absolute Gasteiger partial charge is 0.338 e. The highest BCUT2D eigenvalue weighted by Gasteiger charge is 2.46. The van der Waals surface area contributed by atoms with Gasteiger partial charge in [0.15, 0.2) is 5.60 Å². The lowest BCUT2D eigenvalue weighted by Crippen LogP contribution is -2.44. The van der Waals surface area contributed by atoms with Crippen molar-refractivity contribution in [1.29, 1.82) is 0 Å². The van der Waals surface area contributed by atoms with Crippen molar-refractivity contribution < 1.29 is 14.6 Å². The van der Waals surface area contributed by atoms with E-state index in [1.807, 2.05) is 25.1 Å². The van der Waals surface area contributed by atoms with Gasteiger partial charge >= 0.3 is 5.97 Å². The highest BCUT2D eigenvalue weighted by Crippen LogP contribution is 2.42. The first-order chi connectivity index (χ1) is 8.63. The molecular formula is C15H20O3. The molecule has 3 nitrogen and oxygen atoms in total. The number of hydrogen-bond acceptors (Lipinski definition) is 3. The molecule has 1 N–H and O–H groups in total. The van der Waals surface area contributed by atoms with Gasteiger partial charge in [0.1, 0.15) is 0 Å². The minimum absolute atomic E-state index is 0.141. The first kappa shape index (κ1) is 13.1. The number of rotatable bonds is 4. The topological polar surface area (TPSA) is 46.5 Å². The van der Waals surface area contributed by atoms with Gasteiger partial charge in [0, 0.05) is 5.92 Å². The Hall–Kier alpha value is -1.35. The number of carbonyl (C=O) groups is 1. The van der Waals surface area contributed by atoms with Crippen molar-refractivity contribution in [2.75, 3.05) is 6.61 Å². The van der Waals surface area contributed by atoms with Crippen molar-refractivity contribution in [3.8, 4) is 0 Å². The lowest BCUT2D eigenvalue weighted by Gasteiger charge is -2.31. The zero-order valence-corrected chi connectivity index (χ0v) is 11.0. The van der Waals surface area contributed by atoms with Crippen molar-refractivity contribution in [2.24, 2.45) is 0 Å². The molecule has 0 radical (unpaired) electrons. The number of ether oxygens (including phenoxy) is 1. The van der Waals surface area contributed by atoms with Crippen LogP contribution in [0.1, 0.15) is 43.7 Å². The Bertz CT molecular complexity index is 441. The second kappa shape index (κ2) is 5.11. The van der Waals surface area contributed by atoms with Gasteiger partial charge in [-0.05, 0) is 37.3 Å². The van der Waals surface area contributed by atoms with Crippen LogP contribution in [0.5, 0.6) is 0 Å². The maximum Gasteiger partial charge on any atom is 0.338 e. The molecule has 18 heavy (non-hydrogen) atoms. The summed E-state index contributed by atoms with van der Waals surface area (Å²) in [7, 11) is 0. The second-order valence-electron chi connectivity index (χ2n) is 4.79. The molecule has 1 aliphatic carbocycles. The summed E-state index contributed by atoms with van der Waals surface area (Å²) >= 11 is 0. The standard InChI is InChI=1S/C15H20O3/c1-3-15(17,14(16)18-4-2)13-10-9-11-7-5-6-8-12(11)13/h5-8,13,17H,3-4,9-10H2,1-2H3. The lowest BCUT2D eigenvalue weighted by atomic mass is 9.81. The molecule has 0 saturated heterocycles. The molecule has 2 rings (SSSR count). The first-order valence-corrected chi connectivity index (χ1v) is 6.60. The Morgan fingerprint density at radius 3 is 2.83 bits per heavy atom. The SMILES string of the molecule is CCOC(=O)C(O)(CC)C1CCc2ccccc21. The van der Waals surface area contributed by atoms with E-state index in [1.165, 1.54) is 5.56 Å². The van der Waals surface area contributed by atoms with Gasteiger partial charge in [0.05, 0.1) is 6.61 Å². The molecule has 2 unspecified atom stereocenters. The van der Waals surface area contributed by atoms with Crippen molar-refractivity contribution in [3.63, 3.8) is 0 Å². The molecule has 1 aliphatic rings. The predicted octanol–water partition coefficient (Wildman–Crippen LogP) is 2.42. The van der Waals surface area contributed by atoms with E-state index in [2.05, 4.69) is 6.07 Å². The van der Waals surface area contributed by atoms with E-state index in [-0.39, 0.29) is 5.92 Å². The Morgan fingerprint density at radius 2 is 2.17 bits per heavy atom. The Labute approximate surface area is 108 Å². The molecule has 0 saturated carbocycles. The first-order valence-electron chi connectivity index (χ1n) is 6.60. The van der Waals surface area contributed by atoms with E-state index in [0.29, 0.717) is 13.0 Å². The molecule has 98 valence electrons. The molecule has 0 bridgehead atoms. The largest absolute Gasteiger partial charge is 0.464 e. The summed E-state index contributed by atoms with van der Waals surface area (Å²) in [6, 6.07) is 8.03. The summed E-state index contributed by atoms with van der Waals surface area (Å²) in [5, 5.41) is 10.7. The zero-order valence-electron chi connectivity index (χ0n) is 11.0. The van der Waals surface area contributed by atoms with Crippen LogP contribution in [-0.4, -0.2) is 23.3 Å². The Balaban J connectivity index is 2.33. The maximum atomic E-state index is 12.0. The van der Waals surface area contributed by atoms with Crippen molar-refractivity contribution in [3.05, 3.63) is 35.4 Å². The van der Waals surface area contributed by atoms with Gasteiger partial charge in [0.25, 0.3) is 0 Å². The van der Waals surface area contributed by atoms with Gasteiger partial charge in [-0.2, -0.15) is 0 Å². The van der Waals surface area contributed by atoms with Gasteiger partial charge in [0.2, 0.25) is 0 Å². The van der Waals surface area contributed by atoms with E-state index in [4.69, 9.17) is 4.74 Å². The Morgan fingerprint density at radius 1 is 1.44 bits per heavy atom. The maximum absolute atomic E-state index is 12.0. The molecule has 1 aromatic carbocycles. The quantitative estimate of drug-likeness (QED) is 0.832. The third-order valence-electron chi connectivity index (χ3n) is 3.88. The average molecular weight is 248 g/mol. The highest BCUT2D eigenvalue weighted by molar-refractivity contribution is 5.81. The van der Waals surface area contributed by atoms with E-state index >= 15 is 0 Å². The zero-order chi connectivity index (χ0) is 13.2. The molecule has 3 heteroatoms. The fraction of sp³-hybridized carbons (Fsp3) is 0.533. The van der Waals surface area contributed by atoms with Gasteiger partial charge in [-0.3, -0.25) is 0 Å². The van der Waals surface area contributed by atoms with Crippen LogP contribution in [0.2, 0.25) is 0 Å². The summed E-state index contributed by atoms with van der Waals surface area (Å²) in [5.41, 5.74) is 0.941. The predicted molar refractivity (Wildman–Crippen MR) is 69.4 cm³/mol. The fourth-order valence-electron chi connectivity index (χ4n) is 2.84. The molecule has 0 heterocycles. The fourth-order valence-corrected chi connectivity index (χ4v) is 2.84. The lowest BCUT2D eigenvalue weighted by molar-refractivity contribution is -0.168. The van der Waals surface area contributed by atoms with Crippen molar-refractivity contribution >= 4 is 5.97 Å². The van der Waals surface area contributed by atoms with Crippen LogP contribution < -0.4 is 0 Å². The van der Waals surface area contributed by atoms with Gasteiger partial charge in [-0.1, -0.05) is 31.2 Å². The summed E-state index contributed by atoms with van der Waals surface area (Å²) in [6.07, 6.45) is 2.11. The summed E-state index contributed by atoms with van der Waals surface area (Å²) in [4.78, 5) is 12.0. The van der Waals surface area contributed by atoms with Crippen LogP contribution in [0, 0.1) is 0 Å². The van der Waals surface area contributed by atoms with Crippen molar-refractivity contribution in [2.45, 2.75) is 44.6 Å². The number of esters is 1. The monoisotopic (exact) mass is 248 g/mol. The normalized spacial score (nSPS) is 21.2. The minimum Gasteiger partial charge on any atom is -0.464 e. The molecule has 0 spiro atoms. The third-order valence-corrected chi connectivity index (χ3v) is 3.88. The van der Waals surface area contributed by atoms with Gasteiger partial charge in [-0.15, -0.1) is 0 Å². The van der Waals surface area contributed by atoms with E-state index < -0.39 is 11.6 Å². The van der Waals surface area contributed by atoms with Gasteiger partial charge < -0.3 is 9.84 Å². The van der Waals surface area contributed by atoms with Gasteiger partial charge in [-0.25, -0.2) is 4.79 Å². The molecule has 0 fully saturated rings. The molecule has 0 amide bonds. The molecule has 1 aromatic rings. The van der Waals surface area contributed by atoms with Crippen LogP contribution in [0.3, 0.4) is 0 Å². The van der Waals surface area contributed by atoms with E-state index in [9.17, 15) is 9.90 Å². The third kappa shape index (κ3) is 2.03. The number of benzene rings is 1. The number of aliphatic hydroxyl groups is 1. The van der Waals surface area contributed by atoms with Crippen LogP contribution in [0.15, 0.2) is 24.3 Å². The summed E-state index contributed by atoms with van der Waals surface area (Å²) < 4.78 is 5.04. The molecule has 2 atom stereocenters. The Kier molecular flexibility index (Phi) is 3.71. The molecule has 0 aliphatic heterocycles. The number of carbonyl (C=O) groups excluding carboxylic acids is 1. The minimum atomic E-state index is -1.39. The van der Waals surface area contributed by atoms with E-state index in [1.54, 1.807) is 6.92 Å². The van der Waals surface area contributed by atoms with Crippen LogP contribution in [0.25, 0.3) is 0 Å². The number of aryl methyl sites for hydroxylation is 1. The summed E-state index contributed by atoms with van der Waals surface area (Å²) in [6.45, 7) is 3.89. The number of fused-ring (bicyclic) bond motifs is 1. The van der Waals surface area contributed by atoms with E-state index in [0.717, 1.165) is 18.4 Å². The highest BCUT2D eigenvalue weighted by atomic mass is 16.5. The second-order valence-corrected chi connectivity index (χ2v) is 4.79. The van der Waals surface area contributed by atoms with Crippen LogP contribution >= 0.6 is 0 Å². The number of hydrogen-bond donors (Lipinski definition) is 1. The molecular weight excluding hydrogens is 228 g/mol.